The van der Waals surface area contributed by atoms with Crippen molar-refractivity contribution in [3.8, 4) is 0 Å². The Morgan fingerprint density at radius 2 is 0.561 bits per heavy atom. The Kier molecular flexibility index (Phi) is 8.34. The number of benzene rings is 6. The first-order chi connectivity index (χ1) is 20.3. The van der Waals surface area contributed by atoms with Crippen molar-refractivity contribution in [2.75, 3.05) is 6.16 Å². The Balaban J connectivity index is 1.59. The topological polar surface area (TPSA) is 0 Å². The molecule has 0 bridgehead atoms. The molecule has 0 aliphatic heterocycles. The van der Waals surface area contributed by atoms with E-state index >= 15 is 0 Å². The first-order valence-electron chi connectivity index (χ1n) is 14.1. The summed E-state index contributed by atoms with van der Waals surface area (Å²) in [6, 6.07) is 66.8. The summed E-state index contributed by atoms with van der Waals surface area (Å²) < 4.78 is 0. The lowest BCUT2D eigenvalue weighted by atomic mass is 10.4. The summed E-state index contributed by atoms with van der Waals surface area (Å²) in [5, 5.41) is 8.34. The summed E-state index contributed by atoms with van der Waals surface area (Å²) in [6.45, 7) is 0. The van der Waals surface area contributed by atoms with Crippen LogP contribution < -0.4 is 31.8 Å². The third kappa shape index (κ3) is 5.35. The minimum Gasteiger partial charge on any atom is -0.0620 e. The van der Waals surface area contributed by atoms with Gasteiger partial charge in [-0.15, -0.1) is 0 Å². The van der Waals surface area contributed by atoms with E-state index in [0.29, 0.717) is 0 Å². The third-order valence-electron chi connectivity index (χ3n) is 7.79. The largest absolute Gasteiger partial charge is 0.136 e. The quantitative estimate of drug-likeness (QED) is 0.160. The molecule has 0 aliphatic rings. The number of hydrogen-bond acceptors (Lipinski definition) is 0. The highest BCUT2D eigenvalue weighted by Gasteiger charge is 2.47. The van der Waals surface area contributed by atoms with Gasteiger partial charge >= 0.3 is 0 Å². The van der Waals surface area contributed by atoms with Crippen LogP contribution in [0.1, 0.15) is 0 Å². The molecule has 198 valence electrons. The van der Waals surface area contributed by atoms with E-state index in [4.69, 9.17) is 0 Å². The molecule has 0 N–H and O–H groups in total. The molecule has 41 heavy (non-hydrogen) atoms. The van der Waals surface area contributed by atoms with Gasteiger partial charge in [0.1, 0.15) is 46.4 Å². The highest BCUT2D eigenvalue weighted by molar-refractivity contribution is 7.98. The fraction of sp³-hybridized carbons (Fsp3) is 0.0256. The van der Waals surface area contributed by atoms with Gasteiger partial charge in [0.25, 0.3) is 0 Å². The van der Waals surface area contributed by atoms with Crippen molar-refractivity contribution in [3.05, 3.63) is 194 Å². The molecule has 0 amide bonds. The lowest BCUT2D eigenvalue weighted by Crippen LogP contribution is -2.33. The van der Waals surface area contributed by atoms with Crippen LogP contribution >= 0.6 is 14.5 Å². The van der Waals surface area contributed by atoms with Crippen LogP contribution in [-0.4, -0.2) is 6.16 Å². The SMILES string of the molecule is C(=C\[P+](c1ccccc1)(c1ccccc1)c1ccccc1)/C[P+](c1ccccc1)(c1ccccc1)c1ccccc1. The molecule has 0 saturated heterocycles. The van der Waals surface area contributed by atoms with Crippen molar-refractivity contribution in [1.82, 2.24) is 0 Å². The normalized spacial score (nSPS) is 11.9. The first-order valence-corrected chi connectivity index (χ1v) is 18.0. The van der Waals surface area contributed by atoms with Crippen LogP contribution in [0, 0.1) is 0 Å². The van der Waals surface area contributed by atoms with E-state index < -0.39 is 14.5 Å². The van der Waals surface area contributed by atoms with Crippen molar-refractivity contribution >= 4 is 46.4 Å². The Labute approximate surface area is 245 Å². The second kappa shape index (κ2) is 12.6. The molecule has 0 spiro atoms. The highest BCUT2D eigenvalue weighted by atomic mass is 31.2. The first kappa shape index (κ1) is 27.1. The summed E-state index contributed by atoms with van der Waals surface area (Å²) in [6.07, 6.45) is 3.46. The molecule has 0 aliphatic carbocycles. The molecular formula is C39H34P2+2. The molecule has 0 nitrogen and oxygen atoms in total. The summed E-state index contributed by atoms with van der Waals surface area (Å²) >= 11 is 0. The van der Waals surface area contributed by atoms with E-state index in [2.05, 4.69) is 194 Å². The van der Waals surface area contributed by atoms with Gasteiger partial charge in [-0.25, -0.2) is 0 Å². The number of allylic oxidation sites excluding steroid dienone is 1. The molecular weight excluding hydrogens is 530 g/mol. The molecule has 0 saturated carbocycles. The minimum absolute atomic E-state index is 0.944. The standard InChI is InChI=1S/C39H34P2/c1-7-20-34(21-8-1)40(35-22-9-2-10-23-35,36-24-11-3-12-25-36)32-19-33-41(37-26-13-4-14-27-37,38-28-15-5-16-29-38)39-30-17-6-18-31-39/h1-32H,33H2/q+2/b32-19+. The van der Waals surface area contributed by atoms with E-state index in [1.807, 2.05) is 0 Å². The maximum Gasteiger partial charge on any atom is 0.136 e. The fourth-order valence-electron chi connectivity index (χ4n) is 5.87. The zero-order chi connectivity index (χ0) is 27.8. The summed E-state index contributed by atoms with van der Waals surface area (Å²) in [4.78, 5) is 0. The monoisotopic (exact) mass is 564 g/mol. The molecule has 0 atom stereocenters. The Bertz CT molecular complexity index is 1470. The van der Waals surface area contributed by atoms with Gasteiger partial charge < -0.3 is 0 Å². The maximum absolute atomic E-state index is 2.58. The van der Waals surface area contributed by atoms with Crippen LogP contribution in [0.15, 0.2) is 194 Å². The van der Waals surface area contributed by atoms with Gasteiger partial charge in [0.05, 0.1) is 12.0 Å². The van der Waals surface area contributed by atoms with Crippen molar-refractivity contribution in [2.45, 2.75) is 0 Å². The molecule has 0 radical (unpaired) electrons. The molecule has 0 heterocycles. The maximum atomic E-state index is 2.58. The lowest BCUT2D eigenvalue weighted by Gasteiger charge is -2.27. The molecule has 6 aromatic carbocycles. The molecule has 0 unspecified atom stereocenters. The van der Waals surface area contributed by atoms with Gasteiger partial charge in [0.15, 0.2) is 0 Å². The molecule has 6 rings (SSSR count). The second-order valence-corrected chi connectivity index (χ2v) is 16.9. The predicted molar refractivity (Wildman–Crippen MR) is 184 cm³/mol. The number of hydrogen-bond donors (Lipinski definition) is 0. The van der Waals surface area contributed by atoms with E-state index in [1.165, 1.54) is 31.8 Å². The third-order valence-corrected chi connectivity index (χ3v) is 16.1. The summed E-state index contributed by atoms with van der Waals surface area (Å²) in [5.41, 5.74) is 0. The smallest absolute Gasteiger partial charge is 0.0620 e. The van der Waals surface area contributed by atoms with Crippen molar-refractivity contribution in [2.24, 2.45) is 0 Å². The van der Waals surface area contributed by atoms with Crippen molar-refractivity contribution in [1.29, 1.82) is 0 Å². The van der Waals surface area contributed by atoms with Gasteiger partial charge in [-0.2, -0.15) is 0 Å². The van der Waals surface area contributed by atoms with Crippen LogP contribution in [0.5, 0.6) is 0 Å². The van der Waals surface area contributed by atoms with E-state index in [-0.39, 0.29) is 0 Å². The van der Waals surface area contributed by atoms with Gasteiger partial charge in [-0.05, 0) is 78.9 Å². The second-order valence-electron chi connectivity index (χ2n) is 10.1. The van der Waals surface area contributed by atoms with Crippen molar-refractivity contribution in [3.63, 3.8) is 0 Å². The van der Waals surface area contributed by atoms with Crippen LogP contribution in [0.4, 0.5) is 0 Å². The van der Waals surface area contributed by atoms with Gasteiger partial charge in [-0.1, -0.05) is 109 Å². The summed E-state index contributed by atoms with van der Waals surface area (Å²) in [5.74, 6) is 2.58. The van der Waals surface area contributed by atoms with Gasteiger partial charge in [0, 0.05) is 0 Å². The minimum atomic E-state index is -2.08. The van der Waals surface area contributed by atoms with Gasteiger partial charge in [0.2, 0.25) is 0 Å². The van der Waals surface area contributed by atoms with Gasteiger partial charge in [-0.3, -0.25) is 0 Å². The van der Waals surface area contributed by atoms with E-state index in [0.717, 1.165) is 6.16 Å². The van der Waals surface area contributed by atoms with Crippen LogP contribution in [0.25, 0.3) is 0 Å². The zero-order valence-corrected chi connectivity index (χ0v) is 24.9. The molecule has 6 aromatic rings. The summed E-state index contributed by atoms with van der Waals surface area (Å²) in [7, 11) is -4.06. The fourth-order valence-corrected chi connectivity index (χ4v) is 13.8. The average molecular weight is 565 g/mol. The lowest BCUT2D eigenvalue weighted by molar-refractivity contribution is 1.65. The predicted octanol–water partition coefficient (Wildman–Crippen LogP) is 7.49. The zero-order valence-electron chi connectivity index (χ0n) is 23.1. The Morgan fingerprint density at radius 3 is 0.829 bits per heavy atom. The van der Waals surface area contributed by atoms with Crippen molar-refractivity contribution < 1.29 is 0 Å². The number of rotatable bonds is 9. The highest BCUT2D eigenvalue weighted by Crippen LogP contribution is 2.59. The average Bonchev–Trinajstić information content (AvgIpc) is 3.08. The molecule has 0 fully saturated rings. The Morgan fingerprint density at radius 1 is 0.317 bits per heavy atom. The molecule has 0 aromatic heterocycles. The molecule has 2 heteroatoms. The Hall–Kier alpha value is -4.08. The van der Waals surface area contributed by atoms with Crippen LogP contribution in [0.3, 0.4) is 0 Å². The van der Waals surface area contributed by atoms with Crippen LogP contribution in [0.2, 0.25) is 0 Å². The van der Waals surface area contributed by atoms with E-state index in [1.54, 1.807) is 0 Å². The van der Waals surface area contributed by atoms with Crippen LogP contribution in [-0.2, 0) is 0 Å². The van der Waals surface area contributed by atoms with E-state index in [9.17, 15) is 0 Å².